The first kappa shape index (κ1) is 14.6. The van der Waals surface area contributed by atoms with Gasteiger partial charge in [0.15, 0.2) is 0 Å². The molecule has 0 radical (unpaired) electrons. The molecule has 0 bridgehead atoms. The molecule has 0 aromatic heterocycles. The molecule has 4 nitrogen and oxygen atoms in total. The largest absolute Gasteiger partial charge is 0.496 e. The van der Waals surface area contributed by atoms with E-state index in [-0.39, 0.29) is 6.17 Å². The molecule has 2 aromatic rings. The van der Waals surface area contributed by atoms with Crippen molar-refractivity contribution in [2.75, 3.05) is 50.0 Å². The molecule has 3 rings (SSSR count). The average molecular weight is 297 g/mol. The smallest absolute Gasteiger partial charge is 0.131 e. The number of benzene rings is 2. The standard InChI is InChI=1S/C18H23N3O/c1-19(2)13-10-11-17(22-5)14(12-13)18-20(3)15-8-6-7-9-16(15)21(18)4/h6-12,18H,1-5H3. The summed E-state index contributed by atoms with van der Waals surface area (Å²) in [7, 11) is 10.1. The number of para-hydroxylation sites is 2. The zero-order chi connectivity index (χ0) is 15.9. The summed E-state index contributed by atoms with van der Waals surface area (Å²) in [4.78, 5) is 6.71. The van der Waals surface area contributed by atoms with Crippen LogP contribution in [0.5, 0.6) is 5.75 Å². The number of ether oxygens (including phenoxy) is 1. The third-order valence-electron chi connectivity index (χ3n) is 4.38. The van der Waals surface area contributed by atoms with E-state index in [1.54, 1.807) is 7.11 Å². The highest BCUT2D eigenvalue weighted by molar-refractivity contribution is 5.78. The van der Waals surface area contributed by atoms with E-state index in [9.17, 15) is 0 Å². The van der Waals surface area contributed by atoms with Gasteiger partial charge in [-0.1, -0.05) is 12.1 Å². The van der Waals surface area contributed by atoms with Crippen molar-refractivity contribution in [2.45, 2.75) is 6.17 Å². The van der Waals surface area contributed by atoms with E-state index in [0.29, 0.717) is 0 Å². The monoisotopic (exact) mass is 297 g/mol. The zero-order valence-corrected chi connectivity index (χ0v) is 13.9. The summed E-state index contributed by atoms with van der Waals surface area (Å²) in [5.41, 5.74) is 4.84. The Hall–Kier alpha value is -2.36. The van der Waals surface area contributed by atoms with Gasteiger partial charge in [0.25, 0.3) is 0 Å². The van der Waals surface area contributed by atoms with Crippen LogP contribution >= 0.6 is 0 Å². The van der Waals surface area contributed by atoms with E-state index in [1.165, 1.54) is 22.6 Å². The minimum Gasteiger partial charge on any atom is -0.496 e. The Kier molecular flexibility index (Phi) is 3.61. The molecular formula is C18H23N3O. The number of rotatable bonds is 3. The van der Waals surface area contributed by atoms with Crippen LogP contribution in [0.3, 0.4) is 0 Å². The van der Waals surface area contributed by atoms with Crippen molar-refractivity contribution in [3.63, 3.8) is 0 Å². The van der Waals surface area contributed by atoms with Crippen LogP contribution in [0.1, 0.15) is 11.7 Å². The highest BCUT2D eigenvalue weighted by Crippen LogP contribution is 2.46. The van der Waals surface area contributed by atoms with Crippen LogP contribution in [0.15, 0.2) is 42.5 Å². The molecule has 0 unspecified atom stereocenters. The molecule has 1 aliphatic rings. The maximum absolute atomic E-state index is 5.62. The van der Waals surface area contributed by atoms with Crippen molar-refractivity contribution in [3.05, 3.63) is 48.0 Å². The third kappa shape index (κ3) is 2.15. The number of fused-ring (bicyclic) bond motifs is 1. The molecule has 22 heavy (non-hydrogen) atoms. The first-order chi connectivity index (χ1) is 10.5. The lowest BCUT2D eigenvalue weighted by Crippen LogP contribution is -2.31. The zero-order valence-electron chi connectivity index (χ0n) is 13.9. The highest BCUT2D eigenvalue weighted by atomic mass is 16.5. The predicted molar refractivity (Wildman–Crippen MR) is 93.3 cm³/mol. The molecular weight excluding hydrogens is 274 g/mol. The second-order valence-electron chi connectivity index (χ2n) is 5.90. The van der Waals surface area contributed by atoms with E-state index in [0.717, 1.165) is 5.75 Å². The third-order valence-corrected chi connectivity index (χ3v) is 4.38. The Morgan fingerprint density at radius 3 is 2.05 bits per heavy atom. The molecule has 4 heteroatoms. The molecule has 1 heterocycles. The number of methoxy groups -OCH3 is 1. The fourth-order valence-electron chi connectivity index (χ4n) is 3.20. The summed E-state index contributed by atoms with van der Waals surface area (Å²) in [6, 6.07) is 14.8. The Morgan fingerprint density at radius 2 is 1.55 bits per heavy atom. The van der Waals surface area contributed by atoms with Crippen LogP contribution in [0.2, 0.25) is 0 Å². The van der Waals surface area contributed by atoms with Crippen LogP contribution < -0.4 is 19.4 Å². The molecule has 116 valence electrons. The van der Waals surface area contributed by atoms with E-state index in [1.807, 2.05) is 0 Å². The maximum Gasteiger partial charge on any atom is 0.131 e. The van der Waals surface area contributed by atoms with Crippen molar-refractivity contribution in [3.8, 4) is 5.75 Å². The van der Waals surface area contributed by atoms with Crippen molar-refractivity contribution in [1.29, 1.82) is 0 Å². The Labute approximate surface area is 132 Å². The van der Waals surface area contributed by atoms with Crippen LogP contribution in [-0.2, 0) is 0 Å². The van der Waals surface area contributed by atoms with Crippen LogP contribution in [-0.4, -0.2) is 35.3 Å². The highest BCUT2D eigenvalue weighted by Gasteiger charge is 2.34. The van der Waals surface area contributed by atoms with Gasteiger partial charge in [-0.2, -0.15) is 0 Å². The maximum atomic E-state index is 5.62. The fourth-order valence-corrected chi connectivity index (χ4v) is 3.20. The van der Waals surface area contributed by atoms with Gasteiger partial charge in [-0.3, -0.25) is 0 Å². The molecule has 0 amide bonds. The van der Waals surface area contributed by atoms with E-state index < -0.39 is 0 Å². The Morgan fingerprint density at radius 1 is 0.955 bits per heavy atom. The van der Waals surface area contributed by atoms with Gasteiger partial charge >= 0.3 is 0 Å². The van der Waals surface area contributed by atoms with Gasteiger partial charge in [0.2, 0.25) is 0 Å². The first-order valence-electron chi connectivity index (χ1n) is 7.44. The van der Waals surface area contributed by atoms with Crippen LogP contribution in [0, 0.1) is 0 Å². The predicted octanol–water partition coefficient (Wildman–Crippen LogP) is 3.35. The summed E-state index contributed by atoms with van der Waals surface area (Å²) in [6.45, 7) is 0. The summed E-state index contributed by atoms with van der Waals surface area (Å²) in [5.74, 6) is 0.919. The lowest BCUT2D eigenvalue weighted by molar-refractivity contribution is 0.405. The summed E-state index contributed by atoms with van der Waals surface area (Å²) >= 11 is 0. The number of hydrogen-bond donors (Lipinski definition) is 0. The number of hydrogen-bond acceptors (Lipinski definition) is 4. The summed E-state index contributed by atoms with van der Waals surface area (Å²) in [6.07, 6.45) is 0.132. The Balaban J connectivity index is 2.10. The van der Waals surface area contributed by atoms with Gasteiger partial charge in [-0.15, -0.1) is 0 Å². The SMILES string of the molecule is COc1ccc(N(C)C)cc1C1N(C)c2ccccc2N1C. The minimum atomic E-state index is 0.132. The van der Waals surface area contributed by atoms with E-state index in [4.69, 9.17) is 4.74 Å². The van der Waals surface area contributed by atoms with Gasteiger partial charge in [0.1, 0.15) is 11.9 Å². The van der Waals surface area contributed by atoms with Gasteiger partial charge in [0.05, 0.1) is 18.5 Å². The quantitative estimate of drug-likeness (QED) is 0.865. The van der Waals surface area contributed by atoms with Gasteiger partial charge < -0.3 is 19.4 Å². The molecule has 0 N–H and O–H groups in total. The minimum absolute atomic E-state index is 0.132. The Bertz CT molecular complexity index is 655. The number of nitrogens with zero attached hydrogens (tertiary/aromatic N) is 3. The van der Waals surface area contributed by atoms with Gasteiger partial charge in [0, 0.05) is 39.4 Å². The number of anilines is 3. The lowest BCUT2D eigenvalue weighted by atomic mass is 10.1. The molecule has 0 saturated heterocycles. The summed E-state index contributed by atoms with van der Waals surface area (Å²) in [5, 5.41) is 0. The van der Waals surface area contributed by atoms with Gasteiger partial charge in [-0.05, 0) is 30.3 Å². The normalized spacial score (nSPS) is 14.2. The van der Waals surface area contributed by atoms with Crippen molar-refractivity contribution < 1.29 is 4.74 Å². The van der Waals surface area contributed by atoms with Crippen LogP contribution in [0.25, 0.3) is 0 Å². The molecule has 2 aromatic carbocycles. The van der Waals surface area contributed by atoms with Crippen molar-refractivity contribution in [1.82, 2.24) is 0 Å². The molecule has 1 aliphatic heterocycles. The molecule has 0 atom stereocenters. The van der Waals surface area contributed by atoms with Crippen molar-refractivity contribution >= 4 is 17.1 Å². The average Bonchev–Trinajstić information content (AvgIpc) is 2.78. The molecule has 0 spiro atoms. The molecule has 0 aliphatic carbocycles. The topological polar surface area (TPSA) is 19.0 Å². The van der Waals surface area contributed by atoms with E-state index >= 15 is 0 Å². The fraction of sp³-hybridized carbons (Fsp3) is 0.333. The molecule has 0 fully saturated rings. The van der Waals surface area contributed by atoms with Crippen molar-refractivity contribution in [2.24, 2.45) is 0 Å². The van der Waals surface area contributed by atoms with Crippen LogP contribution in [0.4, 0.5) is 17.1 Å². The first-order valence-corrected chi connectivity index (χ1v) is 7.44. The van der Waals surface area contributed by atoms with Gasteiger partial charge in [-0.25, -0.2) is 0 Å². The second-order valence-corrected chi connectivity index (χ2v) is 5.90. The summed E-state index contributed by atoms with van der Waals surface area (Å²) < 4.78 is 5.62. The van der Waals surface area contributed by atoms with E-state index in [2.05, 4.69) is 85.4 Å². The lowest BCUT2D eigenvalue weighted by Gasteiger charge is -2.30. The molecule has 0 saturated carbocycles. The second kappa shape index (κ2) is 5.44.